The number of ketones is 1. The maximum Gasteiger partial charge on any atom is 0.182 e. The molecule has 22 heavy (non-hydrogen) atoms. The lowest BCUT2D eigenvalue weighted by Gasteiger charge is -2.26. The Morgan fingerprint density at radius 1 is 1.14 bits per heavy atom. The molecule has 0 spiro atoms. The van der Waals surface area contributed by atoms with Crippen LogP contribution in [0.1, 0.15) is 49.0 Å². The Kier molecular flexibility index (Phi) is 5.57. The molecule has 117 valence electrons. The Hall–Kier alpha value is -1.26. The average molecular weight is 315 g/mol. The second kappa shape index (κ2) is 7.84. The third-order valence-electron chi connectivity index (χ3n) is 4.32. The Bertz CT molecular complexity index is 616. The summed E-state index contributed by atoms with van der Waals surface area (Å²) >= 11 is 1.42. The fourth-order valence-electron chi connectivity index (χ4n) is 3.03. The summed E-state index contributed by atoms with van der Waals surface area (Å²) in [5.41, 5.74) is 0.673. The molecular weight excluding hydrogens is 292 g/mol. The minimum atomic E-state index is 0.199. The van der Waals surface area contributed by atoms with Gasteiger partial charge in [-0.2, -0.15) is 4.37 Å². The third kappa shape index (κ3) is 3.93. The predicted octanol–water partition coefficient (Wildman–Crippen LogP) is 4.34. The summed E-state index contributed by atoms with van der Waals surface area (Å²) in [4.78, 5) is 14.9. The number of nitrogens with zero attached hydrogens (tertiary/aromatic N) is 2. The van der Waals surface area contributed by atoms with Gasteiger partial charge in [0.25, 0.3) is 0 Å². The molecule has 0 N–H and O–H groups in total. The van der Waals surface area contributed by atoms with Crippen molar-refractivity contribution in [2.75, 3.05) is 19.6 Å². The molecule has 0 bridgehead atoms. The van der Waals surface area contributed by atoms with Gasteiger partial charge in [-0.3, -0.25) is 4.79 Å². The van der Waals surface area contributed by atoms with Crippen LogP contribution in [0, 0.1) is 6.42 Å². The van der Waals surface area contributed by atoms with Gasteiger partial charge in [0.05, 0.1) is 4.70 Å². The van der Waals surface area contributed by atoms with Crippen LogP contribution in [0.2, 0.25) is 0 Å². The van der Waals surface area contributed by atoms with E-state index in [9.17, 15) is 4.79 Å². The third-order valence-corrected chi connectivity index (χ3v) is 5.15. The van der Waals surface area contributed by atoms with E-state index in [2.05, 4.69) is 15.7 Å². The van der Waals surface area contributed by atoms with E-state index in [-0.39, 0.29) is 5.78 Å². The highest BCUT2D eigenvalue weighted by atomic mass is 32.1. The molecule has 1 aromatic heterocycles. The summed E-state index contributed by atoms with van der Waals surface area (Å²) < 4.78 is 5.45. The maximum absolute atomic E-state index is 12.3. The second-order valence-electron chi connectivity index (χ2n) is 5.97. The molecule has 3 nitrogen and oxygen atoms in total. The van der Waals surface area contributed by atoms with Crippen LogP contribution in [0.15, 0.2) is 24.3 Å². The molecule has 1 fully saturated rings. The van der Waals surface area contributed by atoms with E-state index in [1.807, 2.05) is 24.3 Å². The van der Waals surface area contributed by atoms with Gasteiger partial charge < -0.3 is 4.90 Å². The number of rotatable bonds is 7. The Balaban J connectivity index is 1.41. The van der Waals surface area contributed by atoms with E-state index in [1.165, 1.54) is 50.4 Å². The van der Waals surface area contributed by atoms with Gasteiger partial charge in [-0.15, -0.1) is 0 Å². The number of hydrogen-bond acceptors (Lipinski definition) is 4. The molecule has 2 aromatic rings. The molecule has 0 saturated carbocycles. The van der Waals surface area contributed by atoms with Crippen LogP contribution in [0.25, 0.3) is 10.1 Å². The first-order valence-corrected chi connectivity index (χ1v) is 9.03. The molecule has 0 amide bonds. The first kappa shape index (κ1) is 15.6. The Morgan fingerprint density at radius 2 is 1.95 bits per heavy atom. The molecule has 0 unspecified atom stereocenters. The highest BCUT2D eigenvalue weighted by molar-refractivity contribution is 7.13. The molecular formula is C18H23N2OS. The van der Waals surface area contributed by atoms with Crippen molar-refractivity contribution in [3.63, 3.8) is 0 Å². The molecule has 1 saturated heterocycles. The van der Waals surface area contributed by atoms with Gasteiger partial charge in [0.1, 0.15) is 5.69 Å². The molecule has 4 heteroatoms. The SMILES string of the molecule is O=C(CCCCCN1CC[CH]CC1)c1nsc2ccccc12. The number of likely N-dealkylation sites (tertiary alicyclic amines) is 1. The van der Waals surface area contributed by atoms with E-state index in [0.29, 0.717) is 12.1 Å². The van der Waals surface area contributed by atoms with E-state index in [0.717, 1.165) is 22.9 Å². The summed E-state index contributed by atoms with van der Waals surface area (Å²) in [5, 5.41) is 1.02. The minimum Gasteiger partial charge on any atom is -0.303 e. The lowest BCUT2D eigenvalue weighted by Crippen LogP contribution is -2.30. The molecule has 0 atom stereocenters. The van der Waals surface area contributed by atoms with Gasteiger partial charge in [0, 0.05) is 11.8 Å². The zero-order chi connectivity index (χ0) is 15.2. The van der Waals surface area contributed by atoms with Crippen LogP contribution < -0.4 is 0 Å². The van der Waals surface area contributed by atoms with Crippen molar-refractivity contribution in [3.05, 3.63) is 36.4 Å². The molecule has 2 heterocycles. The van der Waals surface area contributed by atoms with Gasteiger partial charge in [0.2, 0.25) is 0 Å². The number of carbonyl (C=O) groups is 1. The number of fused-ring (bicyclic) bond motifs is 1. The van der Waals surface area contributed by atoms with Crippen LogP contribution in [0.4, 0.5) is 0 Å². The topological polar surface area (TPSA) is 33.2 Å². The summed E-state index contributed by atoms with van der Waals surface area (Å²) in [6.07, 6.45) is 8.78. The summed E-state index contributed by atoms with van der Waals surface area (Å²) in [6.45, 7) is 3.61. The lowest BCUT2D eigenvalue weighted by atomic mass is 10.1. The normalized spacial score (nSPS) is 16.2. The van der Waals surface area contributed by atoms with Crippen LogP contribution >= 0.6 is 11.5 Å². The van der Waals surface area contributed by atoms with Crippen LogP contribution in [-0.2, 0) is 0 Å². The maximum atomic E-state index is 12.3. The molecule has 1 aliphatic rings. The number of aromatic nitrogens is 1. The van der Waals surface area contributed by atoms with Gasteiger partial charge in [-0.25, -0.2) is 0 Å². The molecule has 1 aliphatic heterocycles. The molecule has 3 rings (SSSR count). The number of hydrogen-bond donors (Lipinski definition) is 0. The summed E-state index contributed by atoms with van der Waals surface area (Å²) in [5.74, 6) is 0.199. The van der Waals surface area contributed by atoms with Gasteiger partial charge >= 0.3 is 0 Å². The first-order valence-electron chi connectivity index (χ1n) is 8.26. The van der Waals surface area contributed by atoms with Crippen molar-refractivity contribution in [2.45, 2.75) is 38.5 Å². The standard InChI is InChI=1S/C18H23N2OS/c21-16(18-15-9-4-5-11-17(15)22-19-18)10-3-1-6-12-20-13-7-2-8-14-20/h2,4-5,9,11H,1,3,6-8,10,12-14H2. The second-order valence-corrected chi connectivity index (χ2v) is 6.77. The first-order chi connectivity index (χ1) is 10.8. The van der Waals surface area contributed by atoms with Gasteiger partial charge in [0.15, 0.2) is 5.78 Å². The average Bonchev–Trinajstić information content (AvgIpc) is 2.99. The van der Waals surface area contributed by atoms with Crippen molar-refractivity contribution in [3.8, 4) is 0 Å². The van der Waals surface area contributed by atoms with E-state index in [1.54, 1.807) is 0 Å². The number of carbonyl (C=O) groups excluding carboxylic acids is 1. The number of unbranched alkanes of at least 4 members (excludes halogenated alkanes) is 2. The zero-order valence-electron chi connectivity index (χ0n) is 13.0. The van der Waals surface area contributed by atoms with Crippen molar-refractivity contribution >= 4 is 27.4 Å². The number of Topliss-reactive ketones (excluding diaryl/α,β-unsaturated/α-hetero) is 1. The van der Waals surface area contributed by atoms with E-state index >= 15 is 0 Å². The predicted molar refractivity (Wildman–Crippen MR) is 92.4 cm³/mol. The fourth-order valence-corrected chi connectivity index (χ4v) is 3.82. The highest BCUT2D eigenvalue weighted by Gasteiger charge is 2.14. The number of piperidine rings is 1. The van der Waals surface area contributed by atoms with Crippen molar-refractivity contribution < 1.29 is 4.79 Å². The van der Waals surface area contributed by atoms with Gasteiger partial charge in [-0.05, 0) is 69.3 Å². The summed E-state index contributed by atoms with van der Waals surface area (Å²) in [6, 6.07) is 8.00. The van der Waals surface area contributed by atoms with E-state index in [4.69, 9.17) is 0 Å². The smallest absolute Gasteiger partial charge is 0.182 e. The fraction of sp³-hybridized carbons (Fsp3) is 0.500. The Labute approximate surface area is 136 Å². The van der Waals surface area contributed by atoms with Crippen molar-refractivity contribution in [1.29, 1.82) is 0 Å². The van der Waals surface area contributed by atoms with Crippen molar-refractivity contribution in [1.82, 2.24) is 9.27 Å². The quantitative estimate of drug-likeness (QED) is 0.563. The Morgan fingerprint density at radius 3 is 2.82 bits per heavy atom. The largest absolute Gasteiger partial charge is 0.303 e. The number of benzene rings is 1. The van der Waals surface area contributed by atoms with Crippen molar-refractivity contribution in [2.24, 2.45) is 0 Å². The van der Waals surface area contributed by atoms with Crippen LogP contribution in [0.3, 0.4) is 0 Å². The molecule has 1 radical (unpaired) electrons. The van der Waals surface area contributed by atoms with Crippen LogP contribution in [-0.4, -0.2) is 34.7 Å². The highest BCUT2D eigenvalue weighted by Crippen LogP contribution is 2.23. The molecule has 1 aromatic carbocycles. The summed E-state index contributed by atoms with van der Waals surface area (Å²) in [7, 11) is 0. The van der Waals surface area contributed by atoms with E-state index < -0.39 is 0 Å². The monoisotopic (exact) mass is 315 g/mol. The lowest BCUT2D eigenvalue weighted by molar-refractivity contribution is 0.0976. The molecule has 0 aliphatic carbocycles. The van der Waals surface area contributed by atoms with Gasteiger partial charge in [-0.1, -0.05) is 24.6 Å². The zero-order valence-corrected chi connectivity index (χ0v) is 13.8. The van der Waals surface area contributed by atoms with Crippen LogP contribution in [0.5, 0.6) is 0 Å². The minimum absolute atomic E-state index is 0.199.